The lowest BCUT2D eigenvalue weighted by molar-refractivity contribution is 0.195. The van der Waals surface area contributed by atoms with Crippen LogP contribution in [0.25, 0.3) is 0 Å². The topological polar surface area (TPSA) is 39.7 Å². The van der Waals surface area contributed by atoms with Crippen LogP contribution in [0.5, 0.6) is 0 Å². The summed E-state index contributed by atoms with van der Waals surface area (Å²) in [6.07, 6.45) is 3.39. The molecule has 1 fully saturated rings. The van der Waals surface area contributed by atoms with Crippen LogP contribution in [-0.2, 0) is 6.42 Å². The van der Waals surface area contributed by atoms with E-state index < -0.39 is 0 Å². The number of nitrogens with one attached hydrogen (secondary N) is 2. The Bertz CT molecular complexity index is 496. The van der Waals surface area contributed by atoms with Crippen molar-refractivity contribution in [3.8, 4) is 0 Å². The minimum Gasteiger partial charge on any atom is -0.356 e. The van der Waals surface area contributed by atoms with Crippen molar-refractivity contribution < 1.29 is 4.39 Å². The zero-order valence-electron chi connectivity index (χ0n) is 14.3. The van der Waals surface area contributed by atoms with Crippen LogP contribution < -0.4 is 10.6 Å². The molecule has 5 heteroatoms. The van der Waals surface area contributed by atoms with Gasteiger partial charge in [-0.3, -0.25) is 4.99 Å². The summed E-state index contributed by atoms with van der Waals surface area (Å²) in [5, 5.41) is 6.63. The molecule has 0 atom stereocenters. The largest absolute Gasteiger partial charge is 0.356 e. The highest BCUT2D eigenvalue weighted by molar-refractivity contribution is 5.79. The van der Waals surface area contributed by atoms with Gasteiger partial charge in [-0.25, -0.2) is 4.39 Å². The highest BCUT2D eigenvalue weighted by Gasteiger charge is 2.14. The van der Waals surface area contributed by atoms with Crippen LogP contribution in [0.3, 0.4) is 0 Å². The van der Waals surface area contributed by atoms with Crippen molar-refractivity contribution in [3.05, 3.63) is 35.6 Å². The maximum Gasteiger partial charge on any atom is 0.191 e. The van der Waals surface area contributed by atoms with E-state index in [1.165, 1.54) is 32.0 Å². The second-order valence-corrected chi connectivity index (χ2v) is 6.33. The van der Waals surface area contributed by atoms with Crippen LogP contribution >= 0.6 is 0 Å². The molecule has 1 saturated heterocycles. The smallest absolute Gasteiger partial charge is 0.191 e. The van der Waals surface area contributed by atoms with E-state index in [0.717, 1.165) is 43.5 Å². The van der Waals surface area contributed by atoms with Gasteiger partial charge in [-0.1, -0.05) is 19.1 Å². The van der Waals surface area contributed by atoms with Crippen molar-refractivity contribution in [2.45, 2.75) is 26.2 Å². The van der Waals surface area contributed by atoms with Gasteiger partial charge in [0.1, 0.15) is 5.82 Å². The average Bonchev–Trinajstić information content (AvgIpc) is 2.55. The van der Waals surface area contributed by atoms with Gasteiger partial charge in [0, 0.05) is 26.7 Å². The first-order chi connectivity index (χ1) is 11.2. The fourth-order valence-corrected chi connectivity index (χ4v) is 2.86. The van der Waals surface area contributed by atoms with Crippen LogP contribution in [0.4, 0.5) is 4.39 Å². The average molecular weight is 320 g/mol. The van der Waals surface area contributed by atoms with Crippen molar-refractivity contribution in [2.75, 3.05) is 39.8 Å². The van der Waals surface area contributed by atoms with E-state index in [4.69, 9.17) is 0 Å². The fraction of sp³-hybridized carbons (Fsp3) is 0.611. The molecular formula is C18H29FN4. The second-order valence-electron chi connectivity index (χ2n) is 6.33. The minimum atomic E-state index is -0.180. The molecule has 0 radical (unpaired) electrons. The molecule has 128 valence electrons. The Morgan fingerprint density at radius 2 is 2.00 bits per heavy atom. The minimum absolute atomic E-state index is 0.180. The zero-order chi connectivity index (χ0) is 16.5. The van der Waals surface area contributed by atoms with Crippen molar-refractivity contribution in [1.29, 1.82) is 0 Å². The zero-order valence-corrected chi connectivity index (χ0v) is 14.3. The maximum absolute atomic E-state index is 13.1. The number of rotatable bonds is 6. The normalized spacial score (nSPS) is 17.3. The third-order valence-electron chi connectivity index (χ3n) is 4.42. The third kappa shape index (κ3) is 6.57. The third-order valence-corrected chi connectivity index (χ3v) is 4.42. The predicted molar refractivity (Wildman–Crippen MR) is 94.3 cm³/mol. The maximum atomic E-state index is 13.1. The molecule has 2 rings (SSSR count). The van der Waals surface area contributed by atoms with E-state index >= 15 is 0 Å². The van der Waals surface area contributed by atoms with Crippen LogP contribution in [0, 0.1) is 11.7 Å². The molecular weight excluding hydrogens is 291 g/mol. The molecule has 0 amide bonds. The molecule has 1 aliphatic heterocycles. The molecule has 0 spiro atoms. The predicted octanol–water partition coefficient (Wildman–Crippen LogP) is 2.27. The summed E-state index contributed by atoms with van der Waals surface area (Å²) in [4.78, 5) is 6.74. The highest BCUT2D eigenvalue weighted by Crippen LogP contribution is 2.15. The number of benzene rings is 1. The van der Waals surface area contributed by atoms with Gasteiger partial charge in [-0.05, 0) is 56.0 Å². The van der Waals surface area contributed by atoms with E-state index in [-0.39, 0.29) is 5.82 Å². The summed E-state index contributed by atoms with van der Waals surface area (Å²) in [5.74, 6) is 1.50. The highest BCUT2D eigenvalue weighted by atomic mass is 19.1. The summed E-state index contributed by atoms with van der Waals surface area (Å²) in [7, 11) is 1.78. The van der Waals surface area contributed by atoms with Gasteiger partial charge in [-0.15, -0.1) is 0 Å². The Balaban J connectivity index is 1.62. The molecule has 1 aromatic rings. The number of piperidine rings is 1. The number of halogens is 1. The number of guanidine groups is 1. The number of hydrogen-bond donors (Lipinski definition) is 2. The number of aliphatic imine (C=N–C) groups is 1. The van der Waals surface area contributed by atoms with E-state index in [2.05, 4.69) is 27.4 Å². The Morgan fingerprint density at radius 3 is 2.70 bits per heavy atom. The van der Waals surface area contributed by atoms with Gasteiger partial charge in [0.15, 0.2) is 5.96 Å². The molecule has 23 heavy (non-hydrogen) atoms. The van der Waals surface area contributed by atoms with Crippen LogP contribution in [-0.4, -0.2) is 50.6 Å². The van der Waals surface area contributed by atoms with Crippen LogP contribution in [0.15, 0.2) is 29.3 Å². The molecule has 0 aliphatic carbocycles. The Kier molecular flexibility index (Phi) is 7.33. The molecule has 0 aromatic heterocycles. The summed E-state index contributed by atoms with van der Waals surface area (Å²) in [6.45, 7) is 7.43. The molecule has 0 unspecified atom stereocenters. The van der Waals surface area contributed by atoms with E-state index in [9.17, 15) is 4.39 Å². The summed E-state index contributed by atoms with van der Waals surface area (Å²) < 4.78 is 13.1. The lowest BCUT2D eigenvalue weighted by atomic mass is 9.99. The number of nitrogens with zero attached hydrogens (tertiary/aromatic N) is 2. The van der Waals surface area contributed by atoms with Crippen molar-refractivity contribution >= 4 is 5.96 Å². The lowest BCUT2D eigenvalue weighted by Crippen LogP contribution is -2.43. The van der Waals surface area contributed by atoms with Crippen molar-refractivity contribution in [2.24, 2.45) is 10.9 Å². The molecule has 4 nitrogen and oxygen atoms in total. The van der Waals surface area contributed by atoms with E-state index in [1.807, 2.05) is 6.07 Å². The molecule has 2 N–H and O–H groups in total. The SMILES string of the molecule is CN=C(NCCc1cccc(F)c1)NCCN1CCC(C)CC1. The molecule has 0 saturated carbocycles. The van der Waals surface area contributed by atoms with Crippen molar-refractivity contribution in [1.82, 2.24) is 15.5 Å². The molecule has 1 aliphatic rings. The summed E-state index contributed by atoms with van der Waals surface area (Å²) in [5.41, 5.74) is 0.996. The first kappa shape index (κ1) is 17.7. The van der Waals surface area contributed by atoms with Crippen LogP contribution in [0.1, 0.15) is 25.3 Å². The number of hydrogen-bond acceptors (Lipinski definition) is 2. The van der Waals surface area contributed by atoms with Gasteiger partial charge in [-0.2, -0.15) is 0 Å². The Morgan fingerprint density at radius 1 is 1.26 bits per heavy atom. The standard InChI is InChI=1S/C18H29FN4/c1-15-7-11-23(12-8-15)13-10-22-18(20-2)21-9-6-16-4-3-5-17(19)14-16/h3-5,14-15H,6-13H2,1-2H3,(H2,20,21,22). The lowest BCUT2D eigenvalue weighted by Gasteiger charge is -2.30. The van der Waals surface area contributed by atoms with Gasteiger partial charge >= 0.3 is 0 Å². The van der Waals surface area contributed by atoms with Gasteiger partial charge in [0.2, 0.25) is 0 Å². The monoisotopic (exact) mass is 320 g/mol. The van der Waals surface area contributed by atoms with Gasteiger partial charge in [0.05, 0.1) is 0 Å². The quantitative estimate of drug-likeness (QED) is 0.624. The van der Waals surface area contributed by atoms with E-state index in [0.29, 0.717) is 0 Å². The first-order valence-electron chi connectivity index (χ1n) is 8.58. The summed E-state index contributed by atoms with van der Waals surface area (Å²) in [6, 6.07) is 6.74. The first-order valence-corrected chi connectivity index (χ1v) is 8.58. The van der Waals surface area contributed by atoms with Gasteiger partial charge < -0.3 is 15.5 Å². The number of likely N-dealkylation sites (tertiary alicyclic amines) is 1. The molecule has 0 bridgehead atoms. The molecule has 1 heterocycles. The Hall–Kier alpha value is -1.62. The van der Waals surface area contributed by atoms with Gasteiger partial charge in [0.25, 0.3) is 0 Å². The van der Waals surface area contributed by atoms with Crippen molar-refractivity contribution in [3.63, 3.8) is 0 Å². The summed E-state index contributed by atoms with van der Waals surface area (Å²) >= 11 is 0. The Labute approximate surface area is 139 Å². The fourth-order valence-electron chi connectivity index (χ4n) is 2.86. The second kappa shape index (κ2) is 9.50. The van der Waals surface area contributed by atoms with E-state index in [1.54, 1.807) is 19.2 Å². The van der Waals surface area contributed by atoms with Crippen LogP contribution in [0.2, 0.25) is 0 Å². The molecule has 1 aromatic carbocycles.